The van der Waals surface area contributed by atoms with Crippen molar-refractivity contribution in [2.45, 2.75) is 18.3 Å². The van der Waals surface area contributed by atoms with Gasteiger partial charge >= 0.3 is 5.51 Å². The molecule has 0 unspecified atom stereocenters. The Kier molecular flexibility index (Phi) is 13.0. The van der Waals surface area contributed by atoms with Crippen LogP contribution in [0.1, 0.15) is 12.8 Å². The van der Waals surface area contributed by atoms with Gasteiger partial charge in [0, 0.05) is 24.5 Å². The number of aliphatic imine (C=N–C) groups is 1. The third kappa shape index (κ3) is 11.7. The molecule has 25 heavy (non-hydrogen) atoms. The predicted octanol–water partition coefficient (Wildman–Crippen LogP) is 3.38. The van der Waals surface area contributed by atoms with Crippen LogP contribution in [0, 0.1) is 0 Å². The first-order valence-corrected chi connectivity index (χ1v) is 12.8. The van der Waals surface area contributed by atoms with Crippen molar-refractivity contribution in [3.05, 3.63) is 0 Å². The second-order valence-electron chi connectivity index (χ2n) is 4.55. The summed E-state index contributed by atoms with van der Waals surface area (Å²) in [4.78, 5) is 4.29. The second kappa shape index (κ2) is 12.8. The normalized spacial score (nSPS) is 18.4. The summed E-state index contributed by atoms with van der Waals surface area (Å²) in [6.07, 6.45) is 6.82. The summed E-state index contributed by atoms with van der Waals surface area (Å²) in [5, 5.41) is 0. The van der Waals surface area contributed by atoms with Crippen LogP contribution in [0.4, 0.5) is 13.2 Å². The van der Waals surface area contributed by atoms with Gasteiger partial charge in [0.2, 0.25) is 0 Å². The minimum Gasteiger partial charge on any atom is -0.741 e. The first-order valence-electron chi connectivity index (χ1n) is 7.01. The number of hydrogen-bond donors (Lipinski definition) is 0. The molecule has 5 nitrogen and oxygen atoms in total. The van der Waals surface area contributed by atoms with Crippen molar-refractivity contribution in [3.63, 3.8) is 0 Å². The van der Waals surface area contributed by atoms with Gasteiger partial charge in [0.15, 0.2) is 10.1 Å². The van der Waals surface area contributed by atoms with Crippen LogP contribution < -0.4 is 0 Å². The van der Waals surface area contributed by atoms with Gasteiger partial charge in [-0.15, -0.1) is 11.8 Å². The average Bonchev–Trinajstić information content (AvgIpc) is 2.55. The standard InChI is InChI=1S/C6H12NS2.C5H9NS2.CHF3O3S/c1-7-4-3-5-9-6(7)8-2;1-7-5-6-3-2-4-8-5;2-1(3,4)8(5,6)7/h3-5H2,1-2H3;2-4H2,1H3;(H,5,6,7)/q+1;;/p-1. The SMILES string of the molecule is CSC1=NCCCS1.CSC1=[N+](C)CCCS1.O=S(=O)([O-])C(F)(F)F. The highest BCUT2D eigenvalue weighted by Crippen LogP contribution is 2.20. The average molecular weight is 459 g/mol. The molecule has 2 rings (SSSR count). The maximum absolute atomic E-state index is 10.7. The monoisotopic (exact) mass is 458 g/mol. The molecule has 2 aliphatic rings. The van der Waals surface area contributed by atoms with Crippen molar-refractivity contribution in [3.8, 4) is 0 Å². The molecule has 0 N–H and O–H groups in total. The summed E-state index contributed by atoms with van der Waals surface area (Å²) in [6, 6.07) is 0. The van der Waals surface area contributed by atoms with Gasteiger partial charge in [0.1, 0.15) is 18.0 Å². The van der Waals surface area contributed by atoms with E-state index in [1.165, 1.54) is 39.6 Å². The summed E-state index contributed by atoms with van der Waals surface area (Å²) < 4.78 is 64.0. The van der Waals surface area contributed by atoms with Crippen molar-refractivity contribution in [2.75, 3.05) is 44.2 Å². The Hall–Kier alpha value is 0.440. The fourth-order valence-corrected chi connectivity index (χ4v) is 4.90. The van der Waals surface area contributed by atoms with E-state index in [1.54, 1.807) is 11.8 Å². The van der Waals surface area contributed by atoms with Crippen LogP contribution in [0.5, 0.6) is 0 Å². The van der Waals surface area contributed by atoms with E-state index in [0.29, 0.717) is 0 Å². The Bertz CT molecular complexity index is 565. The van der Waals surface area contributed by atoms with Gasteiger partial charge in [-0.25, -0.2) is 13.0 Å². The molecule has 0 amide bonds. The number of thioether (sulfide) groups is 4. The molecule has 148 valence electrons. The Balaban J connectivity index is 0.000000347. The fraction of sp³-hybridized carbons (Fsp3) is 0.833. The molecule has 0 spiro atoms. The van der Waals surface area contributed by atoms with Gasteiger partial charge < -0.3 is 4.55 Å². The molecule has 0 radical (unpaired) electrons. The Morgan fingerprint density at radius 1 is 1.16 bits per heavy atom. The number of halogens is 3. The van der Waals surface area contributed by atoms with Gasteiger partial charge in [-0.1, -0.05) is 23.5 Å². The van der Waals surface area contributed by atoms with Gasteiger partial charge in [-0.2, -0.15) is 13.2 Å². The van der Waals surface area contributed by atoms with Gasteiger partial charge in [0.05, 0.1) is 0 Å². The first-order chi connectivity index (χ1) is 11.5. The molecule has 0 fully saturated rings. The predicted molar refractivity (Wildman–Crippen MR) is 105 cm³/mol. The van der Waals surface area contributed by atoms with Crippen LogP contribution in [-0.2, 0) is 10.1 Å². The maximum atomic E-state index is 10.7. The van der Waals surface area contributed by atoms with Crippen LogP contribution in [-0.4, -0.2) is 76.0 Å². The minimum atomic E-state index is -6.09. The number of rotatable bonds is 0. The molecule has 0 aromatic rings. The van der Waals surface area contributed by atoms with E-state index in [1.807, 2.05) is 35.3 Å². The van der Waals surface area contributed by atoms with E-state index in [2.05, 4.69) is 29.1 Å². The zero-order valence-corrected chi connectivity index (χ0v) is 18.1. The molecular weight excluding hydrogens is 437 g/mol. The Morgan fingerprint density at radius 2 is 1.72 bits per heavy atom. The van der Waals surface area contributed by atoms with E-state index in [0.717, 1.165) is 6.54 Å². The third-order valence-corrected chi connectivity index (χ3v) is 7.91. The molecule has 0 bridgehead atoms. The lowest BCUT2D eigenvalue weighted by molar-refractivity contribution is -0.492. The quantitative estimate of drug-likeness (QED) is 0.313. The third-order valence-electron chi connectivity index (χ3n) is 2.58. The molecule has 2 heterocycles. The van der Waals surface area contributed by atoms with Crippen LogP contribution in [0.2, 0.25) is 0 Å². The highest BCUT2D eigenvalue weighted by molar-refractivity contribution is 8.38. The molecule has 13 heteroatoms. The molecule has 0 atom stereocenters. The highest BCUT2D eigenvalue weighted by Gasteiger charge is 2.36. The minimum absolute atomic E-state index is 1.04. The largest absolute Gasteiger partial charge is 0.741 e. The first kappa shape index (κ1) is 25.4. The topological polar surface area (TPSA) is 72.6 Å². The lowest BCUT2D eigenvalue weighted by Crippen LogP contribution is -2.21. The summed E-state index contributed by atoms with van der Waals surface area (Å²) in [6.45, 7) is 2.28. The van der Waals surface area contributed by atoms with E-state index in [-0.39, 0.29) is 0 Å². The zero-order chi connectivity index (χ0) is 19.5. The van der Waals surface area contributed by atoms with Gasteiger partial charge in [-0.3, -0.25) is 4.99 Å². The van der Waals surface area contributed by atoms with Gasteiger partial charge in [-0.05, 0) is 30.7 Å². The summed E-state index contributed by atoms with van der Waals surface area (Å²) in [5.74, 6) is 2.57. The molecular formula is C12H21F3N2O3S5. The molecule has 0 saturated carbocycles. The number of hydrogen-bond acceptors (Lipinski definition) is 8. The second-order valence-corrected chi connectivity index (χ2v) is 10.2. The molecule has 0 saturated heterocycles. The van der Waals surface area contributed by atoms with Crippen LogP contribution in [0.3, 0.4) is 0 Å². The summed E-state index contributed by atoms with van der Waals surface area (Å²) >= 11 is 7.47. The summed E-state index contributed by atoms with van der Waals surface area (Å²) in [5.41, 5.74) is -5.65. The maximum Gasteiger partial charge on any atom is 0.485 e. The zero-order valence-electron chi connectivity index (χ0n) is 14.0. The molecule has 2 aliphatic heterocycles. The van der Waals surface area contributed by atoms with E-state index in [4.69, 9.17) is 13.0 Å². The van der Waals surface area contributed by atoms with Crippen molar-refractivity contribution >= 4 is 65.9 Å². The van der Waals surface area contributed by atoms with Crippen molar-refractivity contribution < 1.29 is 30.7 Å². The van der Waals surface area contributed by atoms with E-state index >= 15 is 0 Å². The van der Waals surface area contributed by atoms with E-state index in [9.17, 15) is 13.2 Å². The summed E-state index contributed by atoms with van der Waals surface area (Å²) in [7, 11) is -3.93. The highest BCUT2D eigenvalue weighted by atomic mass is 32.2. The molecule has 0 aromatic heterocycles. The van der Waals surface area contributed by atoms with Crippen molar-refractivity contribution in [1.29, 1.82) is 0 Å². The van der Waals surface area contributed by atoms with Crippen molar-refractivity contribution in [1.82, 2.24) is 0 Å². The molecule has 0 aliphatic carbocycles. The molecule has 0 aromatic carbocycles. The van der Waals surface area contributed by atoms with Crippen molar-refractivity contribution in [2.24, 2.45) is 4.99 Å². The fourth-order valence-electron chi connectivity index (χ4n) is 1.44. The lowest BCUT2D eigenvalue weighted by atomic mass is 10.5. The number of alkyl halides is 3. The Morgan fingerprint density at radius 3 is 2.00 bits per heavy atom. The van der Waals surface area contributed by atoms with Crippen LogP contribution in [0.15, 0.2) is 4.99 Å². The smallest absolute Gasteiger partial charge is 0.485 e. The van der Waals surface area contributed by atoms with Crippen LogP contribution in [0.25, 0.3) is 0 Å². The lowest BCUT2D eigenvalue weighted by Gasteiger charge is -2.08. The van der Waals surface area contributed by atoms with Gasteiger partial charge in [0.25, 0.3) is 4.38 Å². The van der Waals surface area contributed by atoms with E-state index < -0.39 is 15.6 Å². The number of nitrogens with zero attached hydrogens (tertiary/aromatic N) is 2. The van der Waals surface area contributed by atoms with Crippen LogP contribution >= 0.6 is 47.0 Å². The Labute approximate surface area is 163 Å².